The lowest BCUT2D eigenvalue weighted by Crippen LogP contribution is -2.36. The van der Waals surface area contributed by atoms with Gasteiger partial charge < -0.3 is 16.0 Å². The molecule has 1 saturated carbocycles. The number of nitrogen functional groups attached to an aromatic ring is 1. The number of fused-ring (bicyclic) bond motifs is 1. The third-order valence-corrected chi connectivity index (χ3v) is 3.52. The summed E-state index contributed by atoms with van der Waals surface area (Å²) in [6.07, 6.45) is -2.59. The van der Waals surface area contributed by atoms with E-state index in [0.717, 1.165) is 18.4 Å². The fourth-order valence-electron chi connectivity index (χ4n) is 2.52. The number of carbonyl (C=O) groups is 1. The van der Waals surface area contributed by atoms with E-state index in [4.69, 9.17) is 5.73 Å². The Hall–Kier alpha value is -1.92. The van der Waals surface area contributed by atoms with E-state index in [1.54, 1.807) is 12.1 Å². The van der Waals surface area contributed by atoms with Crippen LogP contribution < -0.4 is 16.0 Å². The molecule has 1 aromatic rings. The second-order valence-corrected chi connectivity index (χ2v) is 5.27. The molecule has 20 heavy (non-hydrogen) atoms. The zero-order valence-electron chi connectivity index (χ0n) is 10.6. The van der Waals surface area contributed by atoms with Gasteiger partial charge in [-0.3, -0.25) is 4.79 Å². The molecule has 1 aromatic carbocycles. The number of nitrogens with zero attached hydrogens (tertiary/aromatic N) is 1. The number of halogens is 3. The number of alkyl halides is 3. The maximum absolute atomic E-state index is 12.7. The van der Waals surface area contributed by atoms with Crippen LogP contribution in [0.4, 0.5) is 30.2 Å². The van der Waals surface area contributed by atoms with Crippen molar-refractivity contribution in [1.82, 2.24) is 0 Å². The van der Waals surface area contributed by atoms with E-state index in [2.05, 4.69) is 5.32 Å². The summed E-state index contributed by atoms with van der Waals surface area (Å²) in [6.45, 7) is -1.02. The molecule has 0 spiro atoms. The minimum absolute atomic E-state index is 0.117. The number of benzene rings is 1. The topological polar surface area (TPSA) is 58.4 Å². The Bertz CT molecular complexity index is 567. The van der Waals surface area contributed by atoms with Gasteiger partial charge in [0.15, 0.2) is 0 Å². The molecule has 0 aromatic heterocycles. The number of carbonyl (C=O) groups excluding carboxylic acids is 1. The first-order valence-corrected chi connectivity index (χ1v) is 6.39. The number of hydrogen-bond acceptors (Lipinski definition) is 3. The lowest BCUT2D eigenvalue weighted by Gasteiger charge is -2.27. The second kappa shape index (κ2) is 4.29. The molecule has 0 radical (unpaired) electrons. The maximum Gasteiger partial charge on any atom is 0.405 e. The average Bonchev–Trinajstić information content (AvgIpc) is 3.07. The standard InChI is InChI=1S/C13H14F3N3O/c14-13(15,16)6-19(8-1-2-8)11-5-10-7(3-9(11)17)4-12(20)18-10/h3,5,8H,1-2,4,6,17H2,(H,18,20). The highest BCUT2D eigenvalue weighted by Gasteiger charge is 2.39. The van der Waals surface area contributed by atoms with Crippen LogP contribution in [0, 0.1) is 0 Å². The van der Waals surface area contributed by atoms with E-state index in [0.29, 0.717) is 11.4 Å². The predicted molar refractivity (Wildman–Crippen MR) is 69.6 cm³/mol. The van der Waals surface area contributed by atoms with Crippen LogP contribution in [-0.4, -0.2) is 24.7 Å². The molecule has 4 nitrogen and oxygen atoms in total. The Morgan fingerprint density at radius 2 is 2.05 bits per heavy atom. The van der Waals surface area contributed by atoms with Crippen LogP contribution in [0.5, 0.6) is 0 Å². The Morgan fingerprint density at radius 1 is 1.35 bits per heavy atom. The summed E-state index contributed by atoms with van der Waals surface area (Å²) >= 11 is 0. The smallest absolute Gasteiger partial charge is 0.397 e. The Morgan fingerprint density at radius 3 is 2.65 bits per heavy atom. The first-order chi connectivity index (χ1) is 9.33. The first-order valence-electron chi connectivity index (χ1n) is 6.39. The summed E-state index contributed by atoms with van der Waals surface area (Å²) in [5.74, 6) is -0.162. The van der Waals surface area contributed by atoms with Crippen LogP contribution in [0.25, 0.3) is 0 Å². The molecule has 2 aliphatic rings. The van der Waals surface area contributed by atoms with Gasteiger partial charge in [-0.1, -0.05) is 0 Å². The molecule has 7 heteroatoms. The van der Waals surface area contributed by atoms with Crippen LogP contribution in [-0.2, 0) is 11.2 Å². The van der Waals surface area contributed by atoms with E-state index in [-0.39, 0.29) is 24.1 Å². The van der Waals surface area contributed by atoms with Crippen molar-refractivity contribution in [3.05, 3.63) is 17.7 Å². The van der Waals surface area contributed by atoms with Gasteiger partial charge in [0, 0.05) is 11.7 Å². The lowest BCUT2D eigenvalue weighted by atomic mass is 10.1. The minimum Gasteiger partial charge on any atom is -0.397 e. The van der Waals surface area contributed by atoms with Gasteiger partial charge in [0.1, 0.15) is 6.54 Å². The van der Waals surface area contributed by atoms with E-state index in [1.165, 1.54) is 4.90 Å². The molecule has 0 atom stereocenters. The molecule has 0 unspecified atom stereocenters. The van der Waals surface area contributed by atoms with Crippen molar-refractivity contribution in [3.8, 4) is 0 Å². The average molecular weight is 285 g/mol. The van der Waals surface area contributed by atoms with Gasteiger partial charge in [0.05, 0.1) is 17.8 Å². The van der Waals surface area contributed by atoms with Gasteiger partial charge in [-0.15, -0.1) is 0 Å². The van der Waals surface area contributed by atoms with Crippen molar-refractivity contribution in [2.45, 2.75) is 31.5 Å². The summed E-state index contributed by atoms with van der Waals surface area (Å²) in [6, 6.07) is 3.03. The Labute approximate surface area is 113 Å². The van der Waals surface area contributed by atoms with Crippen molar-refractivity contribution in [2.75, 3.05) is 22.5 Å². The normalized spacial score (nSPS) is 17.9. The maximum atomic E-state index is 12.7. The number of hydrogen-bond donors (Lipinski definition) is 2. The Kier molecular flexibility index (Phi) is 2.81. The number of rotatable bonds is 3. The van der Waals surface area contributed by atoms with Crippen LogP contribution in [0.15, 0.2) is 12.1 Å². The van der Waals surface area contributed by atoms with Crippen molar-refractivity contribution in [1.29, 1.82) is 0 Å². The van der Waals surface area contributed by atoms with Crippen molar-refractivity contribution in [2.24, 2.45) is 0 Å². The summed E-state index contributed by atoms with van der Waals surface area (Å²) in [5.41, 5.74) is 7.81. The van der Waals surface area contributed by atoms with Gasteiger partial charge in [0.25, 0.3) is 0 Å². The predicted octanol–water partition coefficient (Wildman–Crippen LogP) is 2.29. The fourth-order valence-corrected chi connectivity index (χ4v) is 2.52. The van der Waals surface area contributed by atoms with Crippen molar-refractivity contribution < 1.29 is 18.0 Å². The highest BCUT2D eigenvalue weighted by atomic mass is 19.4. The third-order valence-electron chi connectivity index (χ3n) is 3.52. The molecule has 3 rings (SSSR count). The van der Waals surface area contributed by atoms with Crippen LogP contribution in [0.2, 0.25) is 0 Å². The lowest BCUT2D eigenvalue weighted by molar-refractivity contribution is -0.120. The fraction of sp³-hybridized carbons (Fsp3) is 0.462. The van der Waals surface area contributed by atoms with E-state index in [9.17, 15) is 18.0 Å². The van der Waals surface area contributed by atoms with E-state index < -0.39 is 12.7 Å². The highest BCUT2D eigenvalue weighted by molar-refractivity contribution is 6.01. The molecular formula is C13H14F3N3O. The van der Waals surface area contributed by atoms with E-state index >= 15 is 0 Å². The molecule has 3 N–H and O–H groups in total. The zero-order chi connectivity index (χ0) is 14.5. The SMILES string of the molecule is Nc1cc2c(cc1N(CC(F)(F)F)C1CC1)NC(=O)C2. The molecule has 1 heterocycles. The molecule has 0 saturated heterocycles. The van der Waals surface area contributed by atoms with E-state index in [1.807, 2.05) is 0 Å². The van der Waals surface area contributed by atoms with Crippen LogP contribution in [0.1, 0.15) is 18.4 Å². The number of nitrogens with one attached hydrogen (secondary N) is 1. The molecular weight excluding hydrogens is 271 g/mol. The minimum atomic E-state index is -4.28. The summed E-state index contributed by atoms with van der Waals surface area (Å²) < 4.78 is 38.1. The van der Waals surface area contributed by atoms with Crippen molar-refractivity contribution >= 4 is 23.0 Å². The largest absolute Gasteiger partial charge is 0.405 e. The molecule has 1 aliphatic carbocycles. The summed E-state index contributed by atoms with van der Waals surface area (Å²) in [4.78, 5) is 12.6. The van der Waals surface area contributed by atoms with Gasteiger partial charge >= 0.3 is 6.18 Å². The molecule has 1 fully saturated rings. The van der Waals surface area contributed by atoms with Crippen LogP contribution in [0.3, 0.4) is 0 Å². The zero-order valence-corrected chi connectivity index (χ0v) is 10.6. The van der Waals surface area contributed by atoms with Crippen molar-refractivity contribution in [3.63, 3.8) is 0 Å². The second-order valence-electron chi connectivity index (χ2n) is 5.27. The first kappa shape index (κ1) is 13.1. The summed E-state index contributed by atoms with van der Waals surface area (Å²) in [5, 5.41) is 2.64. The highest BCUT2D eigenvalue weighted by Crippen LogP contribution is 2.40. The molecule has 0 bridgehead atoms. The molecule has 108 valence electrons. The third kappa shape index (κ3) is 2.52. The van der Waals surface area contributed by atoms with Gasteiger partial charge in [-0.2, -0.15) is 13.2 Å². The molecule has 1 aliphatic heterocycles. The van der Waals surface area contributed by atoms with Crippen LogP contribution >= 0.6 is 0 Å². The monoisotopic (exact) mass is 285 g/mol. The van der Waals surface area contributed by atoms with Gasteiger partial charge in [-0.05, 0) is 30.5 Å². The summed E-state index contributed by atoms with van der Waals surface area (Å²) in [7, 11) is 0. The van der Waals surface area contributed by atoms with Gasteiger partial charge in [-0.25, -0.2) is 0 Å². The number of amides is 1. The quantitative estimate of drug-likeness (QED) is 0.838. The van der Waals surface area contributed by atoms with Gasteiger partial charge in [0.2, 0.25) is 5.91 Å². The molecule has 1 amide bonds. The number of anilines is 3. The Balaban J connectivity index is 1.95. The number of nitrogens with two attached hydrogens (primary N) is 1.